The summed E-state index contributed by atoms with van der Waals surface area (Å²) in [6.07, 6.45) is 9.62. The molecule has 0 spiro atoms. The van der Waals surface area contributed by atoms with Crippen molar-refractivity contribution in [1.29, 1.82) is 0 Å². The minimum Gasteiger partial charge on any atom is -0.378 e. The summed E-state index contributed by atoms with van der Waals surface area (Å²) >= 11 is 0. The highest BCUT2D eigenvalue weighted by Gasteiger charge is 2.24. The van der Waals surface area contributed by atoms with Crippen LogP contribution in [0.4, 0.5) is 0 Å². The molecule has 0 N–H and O–H groups in total. The van der Waals surface area contributed by atoms with E-state index in [9.17, 15) is 4.79 Å². The van der Waals surface area contributed by atoms with Crippen LogP contribution < -0.4 is 0 Å². The van der Waals surface area contributed by atoms with Crippen molar-refractivity contribution in [2.24, 2.45) is 0 Å². The first-order chi connectivity index (χ1) is 11.2. The number of carbonyl (C=O) groups excluding carboxylic acids is 1. The van der Waals surface area contributed by atoms with Crippen LogP contribution in [0.5, 0.6) is 0 Å². The molecule has 2 rings (SSSR count). The molecule has 0 saturated carbocycles. The summed E-state index contributed by atoms with van der Waals surface area (Å²) in [4.78, 5) is 12.8. The molecule has 2 atom stereocenters. The summed E-state index contributed by atoms with van der Waals surface area (Å²) in [6.45, 7) is 5.21. The van der Waals surface area contributed by atoms with Crippen molar-refractivity contribution in [3.8, 4) is 0 Å². The fourth-order valence-electron chi connectivity index (χ4n) is 3.46. The van der Waals surface area contributed by atoms with Gasteiger partial charge in [0.15, 0.2) is 0 Å². The molecule has 23 heavy (non-hydrogen) atoms. The van der Waals surface area contributed by atoms with E-state index in [1.165, 1.54) is 17.5 Å². The summed E-state index contributed by atoms with van der Waals surface area (Å²) in [5.74, 6) is 0.421. The first kappa shape index (κ1) is 18.2. The largest absolute Gasteiger partial charge is 0.378 e. The number of hydrogen-bond donors (Lipinski definition) is 0. The van der Waals surface area contributed by atoms with Crippen LogP contribution in [0.3, 0.4) is 0 Å². The van der Waals surface area contributed by atoms with Crippen LogP contribution in [0.15, 0.2) is 24.3 Å². The summed E-state index contributed by atoms with van der Waals surface area (Å²) in [5.41, 5.74) is 2.56. The summed E-state index contributed by atoms with van der Waals surface area (Å²) in [5, 5.41) is 0. The van der Waals surface area contributed by atoms with Gasteiger partial charge in [-0.3, -0.25) is 4.79 Å². The fourth-order valence-corrected chi connectivity index (χ4v) is 3.46. The third-order valence-electron chi connectivity index (χ3n) is 4.86. The van der Waals surface area contributed by atoms with Crippen molar-refractivity contribution in [1.82, 2.24) is 0 Å². The van der Waals surface area contributed by atoms with Gasteiger partial charge in [0, 0.05) is 18.9 Å². The minimum absolute atomic E-state index is 0.0520. The predicted molar refractivity (Wildman–Crippen MR) is 95.9 cm³/mol. The molecule has 0 radical (unpaired) electrons. The molecule has 2 heteroatoms. The third kappa shape index (κ3) is 5.76. The van der Waals surface area contributed by atoms with E-state index in [1.807, 2.05) is 0 Å². The third-order valence-corrected chi connectivity index (χ3v) is 4.86. The van der Waals surface area contributed by atoms with Crippen LogP contribution in [-0.4, -0.2) is 18.5 Å². The number of aryl methyl sites for hydroxylation is 1. The summed E-state index contributed by atoms with van der Waals surface area (Å²) in [7, 11) is 0. The van der Waals surface area contributed by atoms with E-state index < -0.39 is 0 Å². The Labute approximate surface area is 141 Å². The second-order valence-corrected chi connectivity index (χ2v) is 6.85. The lowest BCUT2D eigenvalue weighted by Gasteiger charge is -2.24. The number of carbonyl (C=O) groups is 1. The van der Waals surface area contributed by atoms with Gasteiger partial charge in [-0.25, -0.2) is 0 Å². The maximum absolute atomic E-state index is 12.8. The molecule has 1 saturated heterocycles. The van der Waals surface area contributed by atoms with E-state index in [0.29, 0.717) is 12.2 Å². The van der Waals surface area contributed by atoms with E-state index in [4.69, 9.17) is 4.74 Å². The zero-order valence-corrected chi connectivity index (χ0v) is 14.9. The molecule has 1 fully saturated rings. The van der Waals surface area contributed by atoms with Crippen LogP contribution in [-0.2, 0) is 16.0 Å². The van der Waals surface area contributed by atoms with Crippen LogP contribution in [0.25, 0.3) is 0 Å². The smallest absolute Gasteiger partial charge is 0.142 e. The zero-order chi connectivity index (χ0) is 16.5. The quantitative estimate of drug-likeness (QED) is 0.606. The van der Waals surface area contributed by atoms with E-state index in [2.05, 4.69) is 38.1 Å². The van der Waals surface area contributed by atoms with Gasteiger partial charge in [-0.1, -0.05) is 57.4 Å². The highest BCUT2D eigenvalue weighted by atomic mass is 16.5. The molecule has 0 bridgehead atoms. The highest BCUT2D eigenvalue weighted by Crippen LogP contribution is 2.27. The average molecular weight is 316 g/mol. The normalized spacial score (nSPS) is 19.5. The minimum atomic E-state index is 0.0520. The Hall–Kier alpha value is -1.15. The maximum atomic E-state index is 12.8. The molecule has 1 aromatic rings. The number of benzene rings is 1. The molecule has 1 aromatic carbocycles. The number of ether oxygens (including phenoxy) is 1. The zero-order valence-electron chi connectivity index (χ0n) is 14.9. The Morgan fingerprint density at radius 1 is 1.17 bits per heavy atom. The fraction of sp³-hybridized carbons (Fsp3) is 0.667. The predicted octanol–water partition coefficient (Wildman–Crippen LogP) is 5.44. The highest BCUT2D eigenvalue weighted by molar-refractivity contribution is 5.86. The van der Waals surface area contributed by atoms with E-state index in [-0.39, 0.29) is 12.0 Å². The molecule has 2 unspecified atom stereocenters. The lowest BCUT2D eigenvalue weighted by Crippen LogP contribution is -2.25. The summed E-state index contributed by atoms with van der Waals surface area (Å²) < 4.78 is 5.77. The standard InChI is InChI=1S/C21H32O2/c1-3-5-10-20(18-13-11-17(8-4-2)12-14-18)21(22)16-19-9-6-7-15-23-19/h11-14,19-20H,3-10,15-16H2,1-2H3. The molecule has 1 heterocycles. The number of hydrogen-bond acceptors (Lipinski definition) is 2. The first-order valence-electron chi connectivity index (χ1n) is 9.47. The van der Waals surface area contributed by atoms with Crippen LogP contribution in [0.1, 0.15) is 82.3 Å². The molecular formula is C21H32O2. The van der Waals surface area contributed by atoms with E-state index >= 15 is 0 Å². The van der Waals surface area contributed by atoms with Gasteiger partial charge in [-0.05, 0) is 43.2 Å². The number of ketones is 1. The van der Waals surface area contributed by atoms with Gasteiger partial charge >= 0.3 is 0 Å². The van der Waals surface area contributed by atoms with Gasteiger partial charge in [0.05, 0.1) is 6.10 Å². The Bertz CT molecular complexity index is 457. The van der Waals surface area contributed by atoms with Crippen LogP contribution in [0.2, 0.25) is 0 Å². The Kier molecular flexibility index (Phi) is 7.81. The average Bonchev–Trinajstić information content (AvgIpc) is 2.58. The van der Waals surface area contributed by atoms with E-state index in [0.717, 1.165) is 51.6 Å². The van der Waals surface area contributed by atoms with Crippen molar-refractivity contribution in [3.63, 3.8) is 0 Å². The SMILES string of the molecule is CCCCC(C(=O)CC1CCCCO1)c1ccc(CCC)cc1. The molecule has 2 nitrogen and oxygen atoms in total. The van der Waals surface area contributed by atoms with Gasteiger partial charge < -0.3 is 4.74 Å². The number of unbranched alkanes of at least 4 members (excludes halogenated alkanes) is 1. The first-order valence-corrected chi connectivity index (χ1v) is 9.47. The molecular weight excluding hydrogens is 284 g/mol. The molecule has 0 aliphatic carbocycles. The molecule has 0 amide bonds. The Morgan fingerprint density at radius 3 is 2.57 bits per heavy atom. The number of Topliss-reactive ketones (excluding diaryl/α,β-unsaturated/α-hetero) is 1. The second-order valence-electron chi connectivity index (χ2n) is 6.85. The summed E-state index contributed by atoms with van der Waals surface area (Å²) in [6, 6.07) is 8.74. The van der Waals surface area contributed by atoms with Crippen molar-refractivity contribution in [3.05, 3.63) is 35.4 Å². The Morgan fingerprint density at radius 2 is 1.96 bits per heavy atom. The van der Waals surface area contributed by atoms with Gasteiger partial charge in [0.25, 0.3) is 0 Å². The number of rotatable bonds is 9. The maximum Gasteiger partial charge on any atom is 0.142 e. The lowest BCUT2D eigenvalue weighted by molar-refractivity contribution is -0.124. The van der Waals surface area contributed by atoms with Gasteiger partial charge in [0.1, 0.15) is 5.78 Å². The Balaban J connectivity index is 2.03. The van der Waals surface area contributed by atoms with Gasteiger partial charge in [0.2, 0.25) is 0 Å². The van der Waals surface area contributed by atoms with Gasteiger partial charge in [-0.15, -0.1) is 0 Å². The lowest BCUT2D eigenvalue weighted by atomic mass is 9.86. The second kappa shape index (κ2) is 9.87. The molecule has 128 valence electrons. The van der Waals surface area contributed by atoms with Crippen molar-refractivity contribution < 1.29 is 9.53 Å². The van der Waals surface area contributed by atoms with E-state index in [1.54, 1.807) is 0 Å². The van der Waals surface area contributed by atoms with Crippen LogP contribution in [0, 0.1) is 0 Å². The van der Waals surface area contributed by atoms with Crippen LogP contribution >= 0.6 is 0 Å². The topological polar surface area (TPSA) is 26.3 Å². The van der Waals surface area contributed by atoms with Crippen molar-refractivity contribution in [2.45, 2.75) is 83.7 Å². The monoisotopic (exact) mass is 316 g/mol. The van der Waals surface area contributed by atoms with Crippen molar-refractivity contribution >= 4 is 5.78 Å². The van der Waals surface area contributed by atoms with Crippen molar-refractivity contribution in [2.75, 3.05) is 6.61 Å². The molecule has 1 aliphatic rings. The molecule has 0 aromatic heterocycles. The van der Waals surface area contributed by atoms with Gasteiger partial charge in [-0.2, -0.15) is 0 Å². The molecule has 1 aliphatic heterocycles.